The summed E-state index contributed by atoms with van der Waals surface area (Å²) in [6.07, 6.45) is -44.9. The van der Waals surface area contributed by atoms with E-state index in [9.17, 15) is 81.0 Å². The van der Waals surface area contributed by atoms with Crippen LogP contribution in [0.3, 0.4) is 0 Å². The Morgan fingerprint density at radius 2 is 0.833 bits per heavy atom. The van der Waals surface area contributed by atoms with E-state index in [1.807, 2.05) is 0 Å². The molecule has 24 atom stereocenters. The molecule has 0 aromatic heterocycles. The molecule has 0 aliphatic carbocycles. The van der Waals surface area contributed by atoms with Gasteiger partial charge in [0, 0.05) is 0 Å². The summed E-state index contributed by atoms with van der Waals surface area (Å²) >= 11 is 0. The lowest BCUT2D eigenvalue weighted by atomic mass is 9.95. The number of aliphatic hydroxyl groups excluding tert-OH is 15. The lowest BCUT2D eigenvalue weighted by Gasteiger charge is -2.49. The normalized spacial score (nSPS) is 53.3. The Labute approximate surface area is 304 Å². The fourth-order valence-electron chi connectivity index (χ4n) is 6.62. The molecule has 24 nitrogen and oxygen atoms in total. The van der Waals surface area contributed by atoms with Gasteiger partial charge in [0.25, 0.3) is 0 Å². The Bertz CT molecular complexity index is 1160. The average Bonchev–Trinajstić information content (AvgIpc) is 3.16. The monoisotopic (exact) mass is 800 g/mol. The van der Waals surface area contributed by atoms with Crippen LogP contribution in [0.2, 0.25) is 0 Å². The molecule has 316 valence electrons. The van der Waals surface area contributed by atoms with Gasteiger partial charge in [0.2, 0.25) is 6.36 Å². The van der Waals surface area contributed by atoms with Crippen LogP contribution in [0, 0.1) is 0 Å². The second-order valence-electron chi connectivity index (χ2n) is 13.5. The molecule has 0 amide bonds. The molecule has 25 heteroatoms. The van der Waals surface area contributed by atoms with Crippen LogP contribution in [0.4, 0.5) is 4.39 Å². The van der Waals surface area contributed by atoms with Crippen LogP contribution in [0.5, 0.6) is 0 Å². The maximum atomic E-state index is 14.0. The predicted molar refractivity (Wildman–Crippen MR) is 159 cm³/mol. The highest BCUT2D eigenvalue weighted by molar-refractivity contribution is 4.98. The van der Waals surface area contributed by atoms with Crippen molar-refractivity contribution in [2.24, 2.45) is 0 Å². The van der Waals surface area contributed by atoms with Crippen LogP contribution in [-0.4, -0.2) is 257 Å². The van der Waals surface area contributed by atoms with Gasteiger partial charge >= 0.3 is 0 Å². The lowest BCUT2D eigenvalue weighted by Crippen LogP contribution is -2.67. The topological polar surface area (TPSA) is 387 Å². The maximum Gasteiger partial charge on any atom is 0.228 e. The Kier molecular flexibility index (Phi) is 15.3. The molecule has 0 aromatic carbocycles. The Balaban J connectivity index is 1.34. The minimum Gasteiger partial charge on any atom is -0.394 e. The van der Waals surface area contributed by atoms with Gasteiger partial charge in [-0.1, -0.05) is 0 Å². The van der Waals surface area contributed by atoms with Crippen molar-refractivity contribution in [3.8, 4) is 0 Å². The van der Waals surface area contributed by atoms with Crippen molar-refractivity contribution in [3.05, 3.63) is 0 Å². The first-order chi connectivity index (χ1) is 25.5. The summed E-state index contributed by atoms with van der Waals surface area (Å²) in [5, 5.41) is 155. The van der Waals surface area contributed by atoms with E-state index >= 15 is 0 Å². The standard InChI is InChI=1S/C29H49FO24/c30-25-17(41)14(38)22(8(2-32)48-25)52-29-21(45)16(40)24(10(51-29)5-47-26-18(42)11(35)6(34)4-46-26)54-28-20(44)15(39)23(9(3-33)50-28)53-27-19(43)13(37)12(36)7(1-31)49-27/h6-29,31-45H,1-5H2/t6-,7-,8-,9-,10-,11+,12+,13+,14-,15-,16-,17-,18-,19-,20-,21-,22-,23-,24-,25+,26-,27+,28+,29+/m1/s1. The van der Waals surface area contributed by atoms with E-state index in [-0.39, 0.29) is 0 Å². The first-order valence-electron chi connectivity index (χ1n) is 17.0. The summed E-state index contributed by atoms with van der Waals surface area (Å²) in [5.41, 5.74) is 0. The van der Waals surface area contributed by atoms with Gasteiger partial charge in [0.1, 0.15) is 116 Å². The third-order valence-corrected chi connectivity index (χ3v) is 9.87. The summed E-state index contributed by atoms with van der Waals surface area (Å²) in [6, 6.07) is 0. The molecule has 5 heterocycles. The molecule has 0 bridgehead atoms. The molecule has 0 radical (unpaired) electrons. The number of hydrogen-bond acceptors (Lipinski definition) is 24. The van der Waals surface area contributed by atoms with Gasteiger partial charge in [-0.25, -0.2) is 4.39 Å². The molecule has 5 rings (SSSR count). The number of rotatable bonds is 12. The molecule has 5 aliphatic heterocycles. The average molecular weight is 801 g/mol. The molecule has 5 saturated heterocycles. The smallest absolute Gasteiger partial charge is 0.228 e. The van der Waals surface area contributed by atoms with Gasteiger partial charge in [-0.15, -0.1) is 0 Å². The summed E-state index contributed by atoms with van der Waals surface area (Å²) in [5.74, 6) is 0. The Hall–Kier alpha value is -1.03. The number of alkyl halides is 1. The van der Waals surface area contributed by atoms with Crippen LogP contribution in [0.1, 0.15) is 0 Å². The molecular formula is C29H49FO24. The van der Waals surface area contributed by atoms with Crippen LogP contribution < -0.4 is 0 Å². The highest BCUT2D eigenvalue weighted by Gasteiger charge is 2.55. The predicted octanol–water partition coefficient (Wildman–Crippen LogP) is -10.3. The fourth-order valence-corrected chi connectivity index (χ4v) is 6.62. The molecule has 0 spiro atoms. The van der Waals surface area contributed by atoms with Crippen molar-refractivity contribution in [3.63, 3.8) is 0 Å². The number of ether oxygens (including phenoxy) is 9. The van der Waals surface area contributed by atoms with Gasteiger partial charge in [0.05, 0.1) is 33.0 Å². The van der Waals surface area contributed by atoms with Crippen molar-refractivity contribution in [1.29, 1.82) is 0 Å². The second-order valence-corrected chi connectivity index (χ2v) is 13.5. The van der Waals surface area contributed by atoms with Gasteiger partial charge in [-0.05, 0) is 0 Å². The van der Waals surface area contributed by atoms with Crippen molar-refractivity contribution >= 4 is 0 Å². The van der Waals surface area contributed by atoms with E-state index in [1.165, 1.54) is 0 Å². The van der Waals surface area contributed by atoms with Gasteiger partial charge in [-0.3, -0.25) is 0 Å². The second kappa shape index (κ2) is 18.7. The number of aliphatic hydroxyl groups is 15. The van der Waals surface area contributed by atoms with E-state index in [4.69, 9.17) is 42.6 Å². The summed E-state index contributed by atoms with van der Waals surface area (Å²) in [6.45, 7) is -4.00. The zero-order chi connectivity index (χ0) is 39.8. The van der Waals surface area contributed by atoms with E-state index in [2.05, 4.69) is 0 Å². The van der Waals surface area contributed by atoms with Crippen molar-refractivity contribution in [2.45, 2.75) is 147 Å². The lowest BCUT2D eigenvalue weighted by molar-refractivity contribution is -0.389. The first-order valence-corrected chi connectivity index (χ1v) is 17.0. The van der Waals surface area contributed by atoms with Crippen molar-refractivity contribution in [2.75, 3.05) is 33.0 Å². The molecule has 0 unspecified atom stereocenters. The van der Waals surface area contributed by atoms with Crippen LogP contribution in [0.25, 0.3) is 0 Å². The quantitative estimate of drug-likeness (QED) is 0.0871. The molecule has 0 saturated carbocycles. The van der Waals surface area contributed by atoms with Gasteiger partial charge in [-0.2, -0.15) is 0 Å². The summed E-state index contributed by atoms with van der Waals surface area (Å²) in [7, 11) is 0. The zero-order valence-electron chi connectivity index (χ0n) is 28.2. The SMILES string of the molecule is OC[C@H]1O[C@@H](O[C@H]2[C@H](O)[C@@H](O)[C@H](O[C@H]3[C@H](O)[C@@H](O)[C@H](O[C@H]4[C@H](O)[C@@H](O)[C@@H](F)O[C@@H]4CO)O[C@@H]3CO[C@H]3OC[C@@H](O)[C@H](O)[C@H]3O)O[C@@H]2CO)[C@H](O)[C@@H](O)[C@H]1O. The van der Waals surface area contributed by atoms with E-state index < -0.39 is 181 Å². The van der Waals surface area contributed by atoms with Gasteiger partial charge < -0.3 is 119 Å². The molecule has 5 fully saturated rings. The molecule has 5 aliphatic rings. The Morgan fingerprint density at radius 1 is 0.426 bits per heavy atom. The number of hydrogen-bond donors (Lipinski definition) is 15. The van der Waals surface area contributed by atoms with E-state index in [1.54, 1.807) is 0 Å². The largest absolute Gasteiger partial charge is 0.394 e. The van der Waals surface area contributed by atoms with Gasteiger partial charge in [0.15, 0.2) is 25.2 Å². The molecule has 15 N–H and O–H groups in total. The van der Waals surface area contributed by atoms with Crippen molar-refractivity contribution in [1.82, 2.24) is 0 Å². The highest BCUT2D eigenvalue weighted by atomic mass is 19.1. The van der Waals surface area contributed by atoms with E-state index in [0.29, 0.717) is 0 Å². The molecule has 54 heavy (non-hydrogen) atoms. The fraction of sp³-hybridized carbons (Fsp3) is 1.00. The first kappa shape index (κ1) is 44.1. The summed E-state index contributed by atoms with van der Waals surface area (Å²) < 4.78 is 63.0. The number of halogens is 1. The molecular weight excluding hydrogens is 751 g/mol. The van der Waals surface area contributed by atoms with Crippen molar-refractivity contribution < 1.29 is 124 Å². The zero-order valence-corrected chi connectivity index (χ0v) is 28.2. The van der Waals surface area contributed by atoms with Crippen LogP contribution in [-0.2, 0) is 42.6 Å². The van der Waals surface area contributed by atoms with Crippen LogP contribution >= 0.6 is 0 Å². The minimum absolute atomic E-state index is 0.490. The maximum absolute atomic E-state index is 14.0. The highest BCUT2D eigenvalue weighted by Crippen LogP contribution is 2.35. The third-order valence-electron chi connectivity index (χ3n) is 9.87. The minimum atomic E-state index is -2.43. The summed E-state index contributed by atoms with van der Waals surface area (Å²) in [4.78, 5) is 0. The third kappa shape index (κ3) is 8.99. The molecule has 0 aromatic rings. The van der Waals surface area contributed by atoms with Crippen LogP contribution in [0.15, 0.2) is 0 Å². The Morgan fingerprint density at radius 3 is 1.35 bits per heavy atom. The van der Waals surface area contributed by atoms with E-state index in [0.717, 1.165) is 0 Å².